The number of rotatable bonds is 9. The molecule has 1 saturated heterocycles. The third-order valence-corrected chi connectivity index (χ3v) is 6.42. The summed E-state index contributed by atoms with van der Waals surface area (Å²) in [6, 6.07) is 6.65. The van der Waals surface area contributed by atoms with Gasteiger partial charge in [0.1, 0.15) is 0 Å². The van der Waals surface area contributed by atoms with Crippen molar-refractivity contribution in [2.75, 3.05) is 55.5 Å². The number of benzene rings is 1. The first-order chi connectivity index (χ1) is 14.9. The van der Waals surface area contributed by atoms with Crippen molar-refractivity contribution in [2.45, 2.75) is 25.7 Å². The second-order valence-electron chi connectivity index (χ2n) is 6.72. The topological polar surface area (TPSA) is 134 Å². The van der Waals surface area contributed by atoms with E-state index < -0.39 is 10.0 Å². The first-order valence-electron chi connectivity index (χ1n) is 10.2. The zero-order valence-corrected chi connectivity index (χ0v) is 18.7. The van der Waals surface area contributed by atoms with Crippen molar-refractivity contribution in [2.24, 2.45) is 5.10 Å². The molecule has 1 aromatic carbocycles. The fourth-order valence-corrected chi connectivity index (χ4v) is 4.31. The van der Waals surface area contributed by atoms with Crippen LogP contribution in [0.3, 0.4) is 0 Å². The van der Waals surface area contributed by atoms with E-state index in [0.717, 1.165) is 5.56 Å². The van der Waals surface area contributed by atoms with E-state index in [4.69, 9.17) is 4.74 Å². The SMILES string of the molecule is CCNc1nc(NCC)nc(N/N=C(\C)c2ccc(S(=O)(=O)N3CCOCC3)cc2)n1. The molecule has 0 unspecified atom stereocenters. The first kappa shape index (κ1) is 22.8. The lowest BCUT2D eigenvalue weighted by Gasteiger charge is -2.26. The minimum Gasteiger partial charge on any atom is -0.379 e. The average Bonchev–Trinajstić information content (AvgIpc) is 2.78. The summed E-state index contributed by atoms with van der Waals surface area (Å²) in [5.74, 6) is 1.19. The van der Waals surface area contributed by atoms with Crippen molar-refractivity contribution in [3.8, 4) is 0 Å². The molecule has 2 aromatic rings. The van der Waals surface area contributed by atoms with Crippen LogP contribution in [-0.4, -0.2) is 72.8 Å². The van der Waals surface area contributed by atoms with Crippen molar-refractivity contribution in [1.82, 2.24) is 19.3 Å². The zero-order valence-electron chi connectivity index (χ0n) is 17.9. The van der Waals surface area contributed by atoms with Gasteiger partial charge in [0.2, 0.25) is 27.9 Å². The van der Waals surface area contributed by atoms with Gasteiger partial charge in [-0.3, -0.25) is 0 Å². The van der Waals surface area contributed by atoms with Gasteiger partial charge >= 0.3 is 0 Å². The molecular formula is C19H28N8O3S. The van der Waals surface area contributed by atoms with Crippen LogP contribution in [0.1, 0.15) is 26.3 Å². The number of ether oxygens (including phenoxy) is 1. The molecule has 0 aliphatic carbocycles. The zero-order chi connectivity index (χ0) is 22.3. The number of anilines is 3. The van der Waals surface area contributed by atoms with Crippen molar-refractivity contribution in [1.29, 1.82) is 0 Å². The fourth-order valence-electron chi connectivity index (χ4n) is 2.90. The summed E-state index contributed by atoms with van der Waals surface area (Å²) >= 11 is 0. The summed E-state index contributed by atoms with van der Waals surface area (Å²) in [5, 5.41) is 10.4. The Morgan fingerprint density at radius 3 is 2.10 bits per heavy atom. The number of nitrogens with one attached hydrogen (secondary N) is 3. The van der Waals surface area contributed by atoms with Gasteiger partial charge in [-0.05, 0) is 38.5 Å². The van der Waals surface area contributed by atoms with Gasteiger partial charge < -0.3 is 15.4 Å². The minimum absolute atomic E-state index is 0.252. The Labute approximate surface area is 182 Å². The molecule has 0 spiro atoms. The molecule has 0 radical (unpaired) electrons. The molecule has 3 rings (SSSR count). The average molecular weight is 449 g/mol. The van der Waals surface area contributed by atoms with E-state index in [1.165, 1.54) is 4.31 Å². The largest absolute Gasteiger partial charge is 0.379 e. The highest BCUT2D eigenvalue weighted by atomic mass is 32.2. The van der Waals surface area contributed by atoms with Crippen molar-refractivity contribution in [3.63, 3.8) is 0 Å². The highest BCUT2D eigenvalue weighted by Gasteiger charge is 2.26. The highest BCUT2D eigenvalue weighted by molar-refractivity contribution is 7.89. The number of hydrogen-bond donors (Lipinski definition) is 3. The smallest absolute Gasteiger partial charge is 0.250 e. The predicted molar refractivity (Wildman–Crippen MR) is 120 cm³/mol. The second kappa shape index (κ2) is 10.5. The molecule has 0 saturated carbocycles. The van der Waals surface area contributed by atoms with Crippen LogP contribution in [0.5, 0.6) is 0 Å². The molecule has 3 N–H and O–H groups in total. The predicted octanol–water partition coefficient (Wildman–Crippen LogP) is 1.59. The van der Waals surface area contributed by atoms with Gasteiger partial charge in [-0.15, -0.1) is 0 Å². The lowest BCUT2D eigenvalue weighted by Crippen LogP contribution is -2.40. The van der Waals surface area contributed by atoms with Crippen LogP contribution < -0.4 is 16.1 Å². The molecule has 11 nitrogen and oxygen atoms in total. The van der Waals surface area contributed by atoms with Gasteiger partial charge in [0, 0.05) is 26.2 Å². The van der Waals surface area contributed by atoms with E-state index in [1.807, 2.05) is 20.8 Å². The third-order valence-electron chi connectivity index (χ3n) is 4.51. The number of aromatic nitrogens is 3. The monoisotopic (exact) mass is 448 g/mol. The number of hydrazone groups is 1. The van der Waals surface area contributed by atoms with Crippen LogP contribution in [0.25, 0.3) is 0 Å². The van der Waals surface area contributed by atoms with Crippen LogP contribution in [0, 0.1) is 0 Å². The number of sulfonamides is 1. The number of hydrogen-bond acceptors (Lipinski definition) is 10. The van der Waals surface area contributed by atoms with Crippen molar-refractivity contribution >= 4 is 33.6 Å². The van der Waals surface area contributed by atoms with E-state index in [1.54, 1.807) is 24.3 Å². The summed E-state index contributed by atoms with van der Waals surface area (Å²) in [4.78, 5) is 13.1. The Balaban J connectivity index is 1.73. The Kier molecular flexibility index (Phi) is 7.71. The normalized spacial score (nSPS) is 15.5. The van der Waals surface area contributed by atoms with Crippen molar-refractivity contribution in [3.05, 3.63) is 29.8 Å². The molecule has 31 heavy (non-hydrogen) atoms. The quantitative estimate of drug-likeness (QED) is 0.386. The molecule has 1 fully saturated rings. The molecule has 2 heterocycles. The molecule has 0 atom stereocenters. The molecular weight excluding hydrogens is 420 g/mol. The summed E-state index contributed by atoms with van der Waals surface area (Å²) in [6.45, 7) is 8.64. The van der Waals surface area contributed by atoms with E-state index in [2.05, 4.69) is 36.1 Å². The molecule has 1 aromatic heterocycles. The maximum absolute atomic E-state index is 12.7. The van der Waals surface area contributed by atoms with Gasteiger partial charge in [0.15, 0.2) is 0 Å². The highest BCUT2D eigenvalue weighted by Crippen LogP contribution is 2.18. The van der Waals surface area contributed by atoms with Gasteiger partial charge in [0.25, 0.3) is 0 Å². The molecule has 1 aliphatic heterocycles. The van der Waals surface area contributed by atoms with E-state index >= 15 is 0 Å². The molecule has 12 heteroatoms. The number of morpholine rings is 1. The summed E-state index contributed by atoms with van der Waals surface area (Å²) in [5.41, 5.74) is 4.28. The third kappa shape index (κ3) is 5.87. The fraction of sp³-hybridized carbons (Fsp3) is 0.474. The Morgan fingerprint density at radius 1 is 1.00 bits per heavy atom. The van der Waals surface area contributed by atoms with Gasteiger partial charge in [-0.25, -0.2) is 13.8 Å². The van der Waals surface area contributed by atoms with Crippen LogP contribution in [-0.2, 0) is 14.8 Å². The minimum atomic E-state index is -3.52. The lowest BCUT2D eigenvalue weighted by molar-refractivity contribution is 0.0730. The molecule has 0 bridgehead atoms. The number of nitrogens with zero attached hydrogens (tertiary/aromatic N) is 5. The summed E-state index contributed by atoms with van der Waals surface area (Å²) < 4.78 is 32.2. The summed E-state index contributed by atoms with van der Waals surface area (Å²) in [6.07, 6.45) is 0. The van der Waals surface area contributed by atoms with E-state index in [9.17, 15) is 8.42 Å². The first-order valence-corrected chi connectivity index (χ1v) is 11.6. The van der Waals surface area contributed by atoms with Gasteiger partial charge in [-0.1, -0.05) is 12.1 Å². The molecule has 1 aliphatic rings. The molecule has 168 valence electrons. The molecule has 0 amide bonds. The van der Waals surface area contributed by atoms with Gasteiger partial charge in [-0.2, -0.15) is 24.4 Å². The van der Waals surface area contributed by atoms with E-state index in [-0.39, 0.29) is 4.90 Å². The maximum atomic E-state index is 12.7. The van der Waals surface area contributed by atoms with Crippen LogP contribution in [0.15, 0.2) is 34.3 Å². The maximum Gasteiger partial charge on any atom is 0.250 e. The van der Waals surface area contributed by atoms with E-state index in [0.29, 0.717) is 62.9 Å². The van der Waals surface area contributed by atoms with Gasteiger partial charge in [0.05, 0.1) is 23.8 Å². The van der Waals surface area contributed by atoms with Crippen molar-refractivity contribution < 1.29 is 13.2 Å². The Hall–Kier alpha value is -2.83. The van der Waals surface area contributed by atoms with Crippen LogP contribution in [0.4, 0.5) is 17.8 Å². The Bertz CT molecular complexity index is 981. The Morgan fingerprint density at radius 2 is 1.55 bits per heavy atom. The lowest BCUT2D eigenvalue weighted by atomic mass is 10.1. The van der Waals surface area contributed by atoms with Crippen LogP contribution >= 0.6 is 0 Å². The van der Waals surface area contributed by atoms with Crippen LogP contribution in [0.2, 0.25) is 0 Å². The summed E-state index contributed by atoms with van der Waals surface area (Å²) in [7, 11) is -3.52. The standard InChI is InChI=1S/C19H28N8O3S/c1-4-20-17-22-18(21-5-2)24-19(23-17)26-25-14(3)15-6-8-16(9-7-15)31(28,29)27-10-12-30-13-11-27/h6-9H,4-5,10-13H2,1-3H3,(H3,20,21,22,23,24,26)/b25-14+. The second-order valence-corrected chi connectivity index (χ2v) is 8.65.